The van der Waals surface area contributed by atoms with Crippen LogP contribution in [0.5, 0.6) is 0 Å². The fourth-order valence-electron chi connectivity index (χ4n) is 2.15. The molecule has 0 fully saturated rings. The molecule has 2 aromatic rings. The third-order valence-electron chi connectivity index (χ3n) is 3.50. The Morgan fingerprint density at radius 1 is 1.29 bits per heavy atom. The van der Waals surface area contributed by atoms with Crippen LogP contribution in [0.1, 0.15) is 44.3 Å². The second kappa shape index (κ2) is 9.69. The number of rotatable bonds is 9. The molecule has 0 aliphatic carbocycles. The molecule has 2 aromatic heterocycles. The summed E-state index contributed by atoms with van der Waals surface area (Å²) in [5.74, 6) is 2.57. The largest absolute Gasteiger partial charge is 0.356 e. The predicted molar refractivity (Wildman–Crippen MR) is 92.9 cm³/mol. The number of aliphatic imine (C=N–C) groups is 1. The van der Waals surface area contributed by atoms with E-state index in [1.807, 2.05) is 16.9 Å². The highest BCUT2D eigenvalue weighted by Crippen LogP contribution is 2.10. The number of nitrogens with zero attached hydrogens (tertiary/aromatic N) is 5. The summed E-state index contributed by atoms with van der Waals surface area (Å²) in [6.45, 7) is 6.65. The lowest BCUT2D eigenvalue weighted by atomic mass is 10.2. The topological polar surface area (TPSA) is 93.2 Å². The van der Waals surface area contributed by atoms with Crippen LogP contribution in [0.2, 0.25) is 0 Å². The summed E-state index contributed by atoms with van der Waals surface area (Å²) in [5.41, 5.74) is 0. The van der Waals surface area contributed by atoms with E-state index in [1.54, 1.807) is 13.2 Å². The Kier molecular flexibility index (Phi) is 7.25. The standard InChI is InChI=1S/C16H27N7O/c1-13(2)15-21-14(24-22-15)7-4-8-18-16(17-3)19-9-5-11-23-12-6-10-20-23/h6,10,12-13H,4-5,7-9,11H2,1-3H3,(H2,17,18,19). The van der Waals surface area contributed by atoms with Gasteiger partial charge >= 0.3 is 0 Å². The van der Waals surface area contributed by atoms with Gasteiger partial charge in [-0.05, 0) is 18.9 Å². The molecular weight excluding hydrogens is 306 g/mol. The van der Waals surface area contributed by atoms with Gasteiger partial charge < -0.3 is 15.2 Å². The molecule has 0 saturated heterocycles. The number of hydrogen-bond acceptors (Lipinski definition) is 5. The zero-order valence-corrected chi connectivity index (χ0v) is 14.7. The first-order valence-corrected chi connectivity index (χ1v) is 8.43. The van der Waals surface area contributed by atoms with Gasteiger partial charge in [0.15, 0.2) is 11.8 Å². The third-order valence-corrected chi connectivity index (χ3v) is 3.50. The van der Waals surface area contributed by atoms with Gasteiger partial charge in [-0.25, -0.2) is 0 Å². The Labute approximate surface area is 142 Å². The van der Waals surface area contributed by atoms with Crippen molar-refractivity contribution in [2.24, 2.45) is 4.99 Å². The predicted octanol–water partition coefficient (Wildman–Crippen LogP) is 1.58. The maximum atomic E-state index is 5.23. The molecule has 0 bridgehead atoms. The van der Waals surface area contributed by atoms with Gasteiger partial charge in [0.1, 0.15) is 0 Å². The van der Waals surface area contributed by atoms with E-state index in [1.165, 1.54) is 0 Å². The van der Waals surface area contributed by atoms with E-state index in [2.05, 4.69) is 44.7 Å². The molecule has 0 atom stereocenters. The van der Waals surface area contributed by atoms with Crippen LogP contribution in [0.25, 0.3) is 0 Å². The van der Waals surface area contributed by atoms with Crippen LogP contribution in [0.4, 0.5) is 0 Å². The monoisotopic (exact) mass is 333 g/mol. The highest BCUT2D eigenvalue weighted by atomic mass is 16.5. The summed E-state index contributed by atoms with van der Waals surface area (Å²) < 4.78 is 7.16. The van der Waals surface area contributed by atoms with Crippen LogP contribution in [0.15, 0.2) is 28.0 Å². The minimum absolute atomic E-state index is 0.297. The Bertz CT molecular complexity index is 604. The molecule has 8 nitrogen and oxygen atoms in total. The van der Waals surface area contributed by atoms with Gasteiger partial charge in [0, 0.05) is 51.4 Å². The molecule has 0 unspecified atom stereocenters. The number of guanidine groups is 1. The minimum atomic E-state index is 0.297. The van der Waals surface area contributed by atoms with Crippen LogP contribution >= 0.6 is 0 Å². The van der Waals surface area contributed by atoms with Crippen molar-refractivity contribution >= 4 is 5.96 Å². The van der Waals surface area contributed by atoms with Gasteiger partial charge in [0.2, 0.25) is 5.89 Å². The smallest absolute Gasteiger partial charge is 0.226 e. The van der Waals surface area contributed by atoms with Crippen molar-refractivity contribution in [3.63, 3.8) is 0 Å². The minimum Gasteiger partial charge on any atom is -0.356 e. The molecule has 132 valence electrons. The Hall–Kier alpha value is -2.38. The molecular formula is C16H27N7O. The lowest BCUT2D eigenvalue weighted by molar-refractivity contribution is 0.368. The van der Waals surface area contributed by atoms with E-state index in [0.29, 0.717) is 11.8 Å². The molecule has 0 radical (unpaired) electrons. The average molecular weight is 333 g/mol. The first-order chi connectivity index (χ1) is 11.7. The van der Waals surface area contributed by atoms with Crippen LogP contribution < -0.4 is 10.6 Å². The van der Waals surface area contributed by atoms with Gasteiger partial charge in [-0.15, -0.1) is 0 Å². The Morgan fingerprint density at radius 3 is 2.71 bits per heavy atom. The summed E-state index contributed by atoms with van der Waals surface area (Å²) in [5, 5.41) is 14.7. The number of nitrogens with one attached hydrogen (secondary N) is 2. The second-order valence-electron chi connectivity index (χ2n) is 5.85. The van der Waals surface area contributed by atoms with E-state index < -0.39 is 0 Å². The molecule has 0 saturated carbocycles. The molecule has 8 heteroatoms. The molecule has 2 rings (SSSR count). The van der Waals surface area contributed by atoms with E-state index in [-0.39, 0.29) is 0 Å². The first-order valence-electron chi connectivity index (χ1n) is 8.43. The van der Waals surface area contributed by atoms with Crippen LogP contribution in [0, 0.1) is 0 Å². The number of aromatic nitrogens is 4. The van der Waals surface area contributed by atoms with Gasteiger partial charge in [-0.3, -0.25) is 9.67 Å². The molecule has 0 aliphatic heterocycles. The van der Waals surface area contributed by atoms with E-state index in [4.69, 9.17) is 4.52 Å². The fourth-order valence-corrected chi connectivity index (χ4v) is 2.15. The molecule has 24 heavy (non-hydrogen) atoms. The molecule has 2 N–H and O–H groups in total. The summed E-state index contributed by atoms with van der Waals surface area (Å²) >= 11 is 0. The number of aryl methyl sites for hydroxylation is 2. The quantitative estimate of drug-likeness (QED) is 0.411. The van der Waals surface area contributed by atoms with Crippen molar-refractivity contribution in [3.05, 3.63) is 30.2 Å². The lowest BCUT2D eigenvalue weighted by Crippen LogP contribution is -2.38. The molecule has 0 aliphatic rings. The van der Waals surface area contributed by atoms with E-state index in [0.717, 1.165) is 50.7 Å². The van der Waals surface area contributed by atoms with Crippen molar-refractivity contribution in [1.29, 1.82) is 0 Å². The van der Waals surface area contributed by atoms with Gasteiger partial charge in [-0.1, -0.05) is 19.0 Å². The van der Waals surface area contributed by atoms with Crippen molar-refractivity contribution in [2.75, 3.05) is 20.1 Å². The SMILES string of the molecule is CN=C(NCCCc1nc(C(C)C)no1)NCCCn1cccn1. The van der Waals surface area contributed by atoms with Gasteiger partial charge in [0.05, 0.1) is 0 Å². The normalized spacial score (nSPS) is 11.9. The summed E-state index contributed by atoms with van der Waals surface area (Å²) in [7, 11) is 1.77. The zero-order chi connectivity index (χ0) is 17.2. The maximum Gasteiger partial charge on any atom is 0.226 e. The van der Waals surface area contributed by atoms with Crippen molar-refractivity contribution in [3.8, 4) is 0 Å². The first kappa shape index (κ1) is 18.0. The zero-order valence-electron chi connectivity index (χ0n) is 14.7. The van der Waals surface area contributed by atoms with Gasteiger partial charge in [-0.2, -0.15) is 10.1 Å². The highest BCUT2D eigenvalue weighted by molar-refractivity contribution is 5.79. The van der Waals surface area contributed by atoms with Crippen molar-refractivity contribution in [1.82, 2.24) is 30.6 Å². The Balaban J connectivity index is 1.57. The molecule has 2 heterocycles. The Morgan fingerprint density at radius 2 is 2.08 bits per heavy atom. The highest BCUT2D eigenvalue weighted by Gasteiger charge is 2.09. The second-order valence-corrected chi connectivity index (χ2v) is 5.85. The molecule has 0 amide bonds. The summed E-state index contributed by atoms with van der Waals surface area (Å²) in [4.78, 5) is 8.59. The van der Waals surface area contributed by atoms with E-state index in [9.17, 15) is 0 Å². The molecule has 0 spiro atoms. The van der Waals surface area contributed by atoms with Gasteiger partial charge in [0.25, 0.3) is 0 Å². The van der Waals surface area contributed by atoms with Crippen molar-refractivity contribution in [2.45, 2.75) is 45.6 Å². The summed E-state index contributed by atoms with van der Waals surface area (Å²) in [6.07, 6.45) is 6.43. The van der Waals surface area contributed by atoms with Crippen LogP contribution in [0.3, 0.4) is 0 Å². The molecule has 0 aromatic carbocycles. The average Bonchev–Trinajstić information content (AvgIpc) is 3.25. The fraction of sp³-hybridized carbons (Fsp3) is 0.625. The third kappa shape index (κ3) is 6.02. The summed E-state index contributed by atoms with van der Waals surface area (Å²) in [6, 6.07) is 1.93. The number of hydrogen-bond donors (Lipinski definition) is 2. The van der Waals surface area contributed by atoms with E-state index >= 15 is 0 Å². The lowest BCUT2D eigenvalue weighted by Gasteiger charge is -2.11. The van der Waals surface area contributed by atoms with Crippen molar-refractivity contribution < 1.29 is 4.52 Å². The van der Waals surface area contributed by atoms with Crippen LogP contribution in [-0.4, -0.2) is 46.0 Å². The maximum absolute atomic E-state index is 5.23. The van der Waals surface area contributed by atoms with Crippen LogP contribution in [-0.2, 0) is 13.0 Å².